The molecular formula is C15H20N4O3S. The number of amidine groups is 1. The van der Waals surface area contributed by atoms with Gasteiger partial charge < -0.3 is 15.0 Å². The molecule has 2 heterocycles. The number of piperidine rings is 1. The molecule has 2 aliphatic rings. The summed E-state index contributed by atoms with van der Waals surface area (Å²) in [6, 6.07) is 1.93. The Morgan fingerprint density at radius 3 is 2.83 bits per heavy atom. The highest BCUT2D eigenvalue weighted by Crippen LogP contribution is 2.20. The van der Waals surface area contributed by atoms with Crippen molar-refractivity contribution in [2.45, 2.75) is 19.8 Å². The number of thioether (sulfide) groups is 1. The third-order valence-corrected chi connectivity index (χ3v) is 4.59. The average molecular weight is 336 g/mol. The second kappa shape index (κ2) is 8.58. The number of carbonyl (C=O) groups is 2. The molecule has 1 saturated heterocycles. The van der Waals surface area contributed by atoms with E-state index in [-0.39, 0.29) is 23.4 Å². The third-order valence-electron chi connectivity index (χ3n) is 3.68. The normalized spacial score (nSPS) is 19.0. The molecule has 0 spiro atoms. The fourth-order valence-corrected chi connectivity index (χ4v) is 3.15. The summed E-state index contributed by atoms with van der Waals surface area (Å²) in [5.41, 5.74) is 0.0507. The van der Waals surface area contributed by atoms with E-state index in [0.717, 1.165) is 17.5 Å². The van der Waals surface area contributed by atoms with Crippen LogP contribution in [0.5, 0.6) is 0 Å². The molecule has 8 heteroatoms. The van der Waals surface area contributed by atoms with E-state index in [1.807, 2.05) is 6.07 Å². The van der Waals surface area contributed by atoms with Crippen LogP contribution in [0.25, 0.3) is 0 Å². The van der Waals surface area contributed by atoms with Crippen LogP contribution in [-0.2, 0) is 14.3 Å². The molecule has 2 rings (SSSR count). The van der Waals surface area contributed by atoms with Crippen LogP contribution >= 0.6 is 11.8 Å². The Hall–Kier alpha value is -2.01. The van der Waals surface area contributed by atoms with Crippen molar-refractivity contribution in [2.24, 2.45) is 10.9 Å². The van der Waals surface area contributed by atoms with Gasteiger partial charge >= 0.3 is 5.97 Å². The molecule has 0 aromatic heterocycles. The fraction of sp³-hybridized carbons (Fsp3) is 0.600. The van der Waals surface area contributed by atoms with Crippen LogP contribution < -0.4 is 5.32 Å². The lowest BCUT2D eigenvalue weighted by Crippen LogP contribution is -2.41. The Morgan fingerprint density at radius 2 is 2.26 bits per heavy atom. The molecular weight excluding hydrogens is 316 g/mol. The number of rotatable bonds is 4. The zero-order chi connectivity index (χ0) is 16.7. The van der Waals surface area contributed by atoms with Crippen LogP contribution in [0.4, 0.5) is 0 Å². The maximum atomic E-state index is 12.4. The first-order valence-electron chi connectivity index (χ1n) is 7.65. The second-order valence-electron chi connectivity index (χ2n) is 5.17. The summed E-state index contributed by atoms with van der Waals surface area (Å²) in [7, 11) is 0. The van der Waals surface area contributed by atoms with Gasteiger partial charge in [-0.1, -0.05) is 11.8 Å². The molecule has 1 amide bonds. The molecule has 1 fully saturated rings. The van der Waals surface area contributed by atoms with E-state index in [0.29, 0.717) is 32.5 Å². The van der Waals surface area contributed by atoms with Gasteiger partial charge in [-0.3, -0.25) is 14.6 Å². The summed E-state index contributed by atoms with van der Waals surface area (Å²) in [6.07, 6.45) is 2.55. The first kappa shape index (κ1) is 17.3. The van der Waals surface area contributed by atoms with Gasteiger partial charge in [-0.25, -0.2) is 0 Å². The van der Waals surface area contributed by atoms with E-state index in [1.165, 1.54) is 6.20 Å². The number of likely N-dealkylation sites (tertiary alicyclic amines) is 1. The first-order chi connectivity index (χ1) is 11.2. The number of amides is 1. The Balaban J connectivity index is 1.88. The zero-order valence-corrected chi connectivity index (χ0v) is 13.9. The molecule has 0 aromatic carbocycles. The summed E-state index contributed by atoms with van der Waals surface area (Å²) >= 11 is 1.56. The van der Waals surface area contributed by atoms with Gasteiger partial charge in [-0.15, -0.1) is 0 Å². The smallest absolute Gasteiger partial charge is 0.309 e. The quantitative estimate of drug-likeness (QED) is 0.465. The van der Waals surface area contributed by atoms with Gasteiger partial charge in [0, 0.05) is 25.0 Å². The number of hydrogen-bond donors (Lipinski definition) is 1. The van der Waals surface area contributed by atoms with Gasteiger partial charge in [-0.2, -0.15) is 5.26 Å². The standard InChI is InChI=1S/C15H20N4O3S/c1-2-22-14(21)11-3-6-19(7-4-11)13(20)12(9-16)10-18-15-17-5-8-23-15/h10-11H,2-8H2,1H3,(H,17,18)/b12-10-. The predicted octanol–water partition coefficient (Wildman–Crippen LogP) is 0.888. The number of carbonyl (C=O) groups excluding carboxylic acids is 2. The minimum absolute atomic E-state index is 0.0507. The summed E-state index contributed by atoms with van der Waals surface area (Å²) in [4.78, 5) is 29.9. The number of nitrogens with zero attached hydrogens (tertiary/aromatic N) is 3. The number of nitrogens with one attached hydrogen (secondary N) is 1. The number of nitriles is 1. The molecule has 0 aliphatic carbocycles. The summed E-state index contributed by atoms with van der Waals surface area (Å²) in [5, 5.41) is 12.8. The second-order valence-corrected chi connectivity index (χ2v) is 6.25. The third kappa shape index (κ3) is 4.73. The Morgan fingerprint density at radius 1 is 1.52 bits per heavy atom. The van der Waals surface area contributed by atoms with Gasteiger partial charge in [0.2, 0.25) is 0 Å². The largest absolute Gasteiger partial charge is 0.466 e. The highest BCUT2D eigenvalue weighted by Gasteiger charge is 2.29. The maximum absolute atomic E-state index is 12.4. The van der Waals surface area contributed by atoms with Crippen LogP contribution in [0.3, 0.4) is 0 Å². The lowest BCUT2D eigenvalue weighted by atomic mass is 9.96. The molecule has 2 aliphatic heterocycles. The number of esters is 1. The molecule has 0 bridgehead atoms. The van der Waals surface area contributed by atoms with Crippen molar-refractivity contribution in [2.75, 3.05) is 32.0 Å². The molecule has 7 nitrogen and oxygen atoms in total. The minimum Gasteiger partial charge on any atom is -0.466 e. The van der Waals surface area contributed by atoms with Crippen LogP contribution in [0.15, 0.2) is 16.8 Å². The number of aliphatic imine (C=N–C) groups is 1. The Bertz CT molecular complexity index is 560. The van der Waals surface area contributed by atoms with Crippen molar-refractivity contribution < 1.29 is 14.3 Å². The highest BCUT2D eigenvalue weighted by atomic mass is 32.2. The Labute approximate surface area is 139 Å². The van der Waals surface area contributed by atoms with E-state index >= 15 is 0 Å². The van der Waals surface area contributed by atoms with Crippen molar-refractivity contribution in [1.82, 2.24) is 10.2 Å². The molecule has 23 heavy (non-hydrogen) atoms. The van der Waals surface area contributed by atoms with Crippen LogP contribution in [0, 0.1) is 17.2 Å². The lowest BCUT2D eigenvalue weighted by molar-refractivity contribution is -0.150. The summed E-state index contributed by atoms with van der Waals surface area (Å²) in [5.74, 6) is 0.239. The van der Waals surface area contributed by atoms with E-state index in [1.54, 1.807) is 23.6 Å². The minimum atomic E-state index is -0.314. The van der Waals surface area contributed by atoms with E-state index < -0.39 is 0 Å². The zero-order valence-electron chi connectivity index (χ0n) is 13.1. The molecule has 0 aromatic rings. The topological polar surface area (TPSA) is 94.8 Å². The van der Waals surface area contributed by atoms with Crippen molar-refractivity contribution in [3.63, 3.8) is 0 Å². The van der Waals surface area contributed by atoms with Crippen LogP contribution in [0.2, 0.25) is 0 Å². The average Bonchev–Trinajstić information content (AvgIpc) is 3.09. The van der Waals surface area contributed by atoms with Gasteiger partial charge in [0.25, 0.3) is 5.91 Å². The molecule has 1 N–H and O–H groups in total. The van der Waals surface area contributed by atoms with Crippen molar-refractivity contribution in [3.8, 4) is 6.07 Å². The van der Waals surface area contributed by atoms with Gasteiger partial charge in [0.05, 0.1) is 19.1 Å². The monoisotopic (exact) mass is 336 g/mol. The highest BCUT2D eigenvalue weighted by molar-refractivity contribution is 8.14. The maximum Gasteiger partial charge on any atom is 0.309 e. The lowest BCUT2D eigenvalue weighted by Gasteiger charge is -2.30. The molecule has 0 atom stereocenters. The van der Waals surface area contributed by atoms with Crippen molar-refractivity contribution in [3.05, 3.63) is 11.8 Å². The summed E-state index contributed by atoms with van der Waals surface area (Å²) < 4.78 is 5.01. The molecule has 0 unspecified atom stereocenters. The molecule has 0 saturated carbocycles. The number of ether oxygens (including phenoxy) is 1. The SMILES string of the molecule is CCOC(=O)C1CCN(C(=O)/C(C#N)=C\NC2=NCCS2)CC1. The fourth-order valence-electron chi connectivity index (χ4n) is 2.45. The van der Waals surface area contributed by atoms with E-state index in [2.05, 4.69) is 10.3 Å². The Kier molecular flexibility index (Phi) is 6.47. The van der Waals surface area contributed by atoms with Crippen molar-refractivity contribution in [1.29, 1.82) is 5.26 Å². The van der Waals surface area contributed by atoms with E-state index in [4.69, 9.17) is 4.74 Å². The number of hydrogen-bond acceptors (Lipinski definition) is 7. The van der Waals surface area contributed by atoms with Crippen LogP contribution in [-0.4, -0.2) is 53.9 Å². The van der Waals surface area contributed by atoms with Crippen LogP contribution in [0.1, 0.15) is 19.8 Å². The van der Waals surface area contributed by atoms with E-state index in [9.17, 15) is 14.9 Å². The van der Waals surface area contributed by atoms with Gasteiger partial charge in [0.15, 0.2) is 5.17 Å². The van der Waals surface area contributed by atoms with Gasteiger partial charge in [-0.05, 0) is 19.8 Å². The molecule has 124 valence electrons. The molecule has 0 radical (unpaired) electrons. The van der Waals surface area contributed by atoms with Gasteiger partial charge in [0.1, 0.15) is 11.6 Å². The van der Waals surface area contributed by atoms with Crippen molar-refractivity contribution >= 4 is 28.8 Å². The summed E-state index contributed by atoms with van der Waals surface area (Å²) in [6.45, 7) is 3.81. The predicted molar refractivity (Wildman–Crippen MR) is 87.5 cm³/mol. The first-order valence-corrected chi connectivity index (χ1v) is 8.64.